The number of benzene rings is 2. The first-order chi connectivity index (χ1) is 11.4. The summed E-state index contributed by atoms with van der Waals surface area (Å²) < 4.78 is 32.3. The zero-order valence-corrected chi connectivity index (χ0v) is 12.3. The van der Waals surface area contributed by atoms with Crippen LogP contribution in [0.3, 0.4) is 0 Å². The van der Waals surface area contributed by atoms with E-state index in [0.29, 0.717) is 10.9 Å². The van der Waals surface area contributed by atoms with Gasteiger partial charge >= 0.3 is 5.69 Å². The molecule has 1 heterocycles. The largest absolute Gasteiger partial charge is 0.448 e. The molecule has 0 radical (unpaired) electrons. The Balaban J connectivity index is 1.96. The average molecular weight is 332 g/mol. The summed E-state index contributed by atoms with van der Waals surface area (Å²) in [6.07, 6.45) is 0. The number of nitro groups is 1. The molecule has 0 aliphatic rings. The van der Waals surface area contributed by atoms with Crippen LogP contribution in [0.2, 0.25) is 0 Å². The van der Waals surface area contributed by atoms with E-state index < -0.39 is 28.2 Å². The Kier molecular flexibility index (Phi) is 3.72. The van der Waals surface area contributed by atoms with Crippen molar-refractivity contribution in [3.63, 3.8) is 0 Å². The van der Waals surface area contributed by atoms with E-state index in [0.717, 1.165) is 12.1 Å². The number of rotatable bonds is 3. The molecule has 24 heavy (non-hydrogen) atoms. The highest BCUT2D eigenvalue weighted by Gasteiger charge is 2.21. The Morgan fingerprint density at radius 1 is 1.21 bits per heavy atom. The monoisotopic (exact) mass is 332 g/mol. The minimum Gasteiger partial charge on any atom is -0.448 e. The highest BCUT2D eigenvalue weighted by Crippen LogP contribution is 2.28. The van der Waals surface area contributed by atoms with E-state index in [1.807, 2.05) is 0 Å². The van der Waals surface area contributed by atoms with Crippen LogP contribution >= 0.6 is 0 Å². The number of aryl methyl sites for hydroxylation is 1. The van der Waals surface area contributed by atoms with Crippen LogP contribution in [0.25, 0.3) is 11.0 Å². The van der Waals surface area contributed by atoms with Crippen LogP contribution in [0.5, 0.6) is 0 Å². The number of amides is 1. The molecule has 0 saturated carbocycles. The number of nitro benzene ring substituents is 1. The molecule has 8 heteroatoms. The molecule has 3 rings (SSSR count). The van der Waals surface area contributed by atoms with Crippen LogP contribution in [0.4, 0.5) is 20.2 Å². The number of nitrogens with one attached hydrogen (secondary N) is 1. The summed E-state index contributed by atoms with van der Waals surface area (Å²) in [5.74, 6) is -2.46. The molecule has 0 aliphatic carbocycles. The SMILES string of the molecule is Cc1c(C(=O)Nc2ccc(F)c([N+](=O)[O-])c2)oc2c(F)cccc12. The van der Waals surface area contributed by atoms with Gasteiger partial charge in [0.2, 0.25) is 5.82 Å². The van der Waals surface area contributed by atoms with Crippen LogP contribution < -0.4 is 5.32 Å². The van der Waals surface area contributed by atoms with Gasteiger partial charge in [-0.25, -0.2) is 4.39 Å². The minimum absolute atomic E-state index is 0.0217. The zero-order valence-electron chi connectivity index (χ0n) is 12.3. The second kappa shape index (κ2) is 5.73. The minimum atomic E-state index is -1.01. The lowest BCUT2D eigenvalue weighted by Gasteiger charge is -2.04. The lowest BCUT2D eigenvalue weighted by molar-refractivity contribution is -0.387. The maximum Gasteiger partial charge on any atom is 0.306 e. The maximum atomic E-state index is 13.7. The van der Waals surface area contributed by atoms with Gasteiger partial charge in [0, 0.05) is 22.7 Å². The number of para-hydroxylation sites is 1. The Morgan fingerprint density at radius 3 is 2.62 bits per heavy atom. The fourth-order valence-corrected chi connectivity index (χ4v) is 2.34. The van der Waals surface area contributed by atoms with Gasteiger partial charge in [-0.15, -0.1) is 0 Å². The summed E-state index contributed by atoms with van der Waals surface area (Å²) in [6, 6.07) is 7.25. The summed E-state index contributed by atoms with van der Waals surface area (Å²) in [5, 5.41) is 13.6. The van der Waals surface area contributed by atoms with Crippen molar-refractivity contribution in [1.29, 1.82) is 0 Å². The molecule has 1 amide bonds. The van der Waals surface area contributed by atoms with E-state index in [4.69, 9.17) is 4.42 Å². The molecule has 122 valence electrons. The summed E-state index contributed by atoms with van der Waals surface area (Å²) in [6.45, 7) is 1.59. The summed E-state index contributed by atoms with van der Waals surface area (Å²) in [7, 11) is 0. The van der Waals surface area contributed by atoms with Gasteiger partial charge in [-0.05, 0) is 25.1 Å². The number of halogens is 2. The van der Waals surface area contributed by atoms with Gasteiger partial charge in [0.15, 0.2) is 17.2 Å². The smallest absolute Gasteiger partial charge is 0.306 e. The molecule has 0 aliphatic heterocycles. The molecule has 0 fully saturated rings. The van der Waals surface area contributed by atoms with Crippen molar-refractivity contribution in [3.05, 3.63) is 69.5 Å². The van der Waals surface area contributed by atoms with Gasteiger partial charge in [-0.1, -0.05) is 12.1 Å². The average Bonchev–Trinajstić information content (AvgIpc) is 2.88. The molecule has 0 unspecified atom stereocenters. The predicted octanol–water partition coefficient (Wildman–Crippen LogP) is 4.18. The first-order valence-electron chi connectivity index (χ1n) is 6.81. The normalized spacial score (nSPS) is 10.8. The first kappa shape index (κ1) is 15.6. The second-order valence-corrected chi connectivity index (χ2v) is 5.05. The standard InChI is InChI=1S/C16H10F2N2O4/c1-8-10-3-2-4-12(18)15(10)24-14(8)16(21)19-9-5-6-11(17)13(7-9)20(22)23/h2-7H,1H3,(H,19,21). The third-order valence-corrected chi connectivity index (χ3v) is 3.52. The number of hydrogen-bond donors (Lipinski definition) is 1. The van der Waals surface area contributed by atoms with Crippen LogP contribution in [0.15, 0.2) is 40.8 Å². The van der Waals surface area contributed by atoms with Crippen molar-refractivity contribution in [2.24, 2.45) is 0 Å². The van der Waals surface area contributed by atoms with Crippen molar-refractivity contribution >= 4 is 28.3 Å². The number of furan rings is 1. The molecular formula is C16H10F2N2O4. The Bertz CT molecular complexity index is 982. The number of nitrogens with zero attached hydrogens (tertiary/aromatic N) is 1. The molecule has 0 saturated heterocycles. The molecule has 1 aromatic heterocycles. The molecule has 0 atom stereocenters. The number of hydrogen-bond acceptors (Lipinski definition) is 4. The topological polar surface area (TPSA) is 85.4 Å². The molecule has 0 bridgehead atoms. The van der Waals surface area contributed by atoms with Crippen LogP contribution in [0, 0.1) is 28.7 Å². The van der Waals surface area contributed by atoms with Crippen molar-refractivity contribution in [3.8, 4) is 0 Å². The number of carbonyl (C=O) groups is 1. The number of anilines is 1. The van der Waals surface area contributed by atoms with Gasteiger partial charge < -0.3 is 9.73 Å². The molecule has 3 aromatic rings. The van der Waals surface area contributed by atoms with E-state index >= 15 is 0 Å². The lowest BCUT2D eigenvalue weighted by atomic mass is 10.1. The highest BCUT2D eigenvalue weighted by molar-refractivity contribution is 6.06. The van der Waals surface area contributed by atoms with Crippen molar-refractivity contribution in [2.45, 2.75) is 6.92 Å². The lowest BCUT2D eigenvalue weighted by Crippen LogP contribution is -2.12. The van der Waals surface area contributed by atoms with Gasteiger partial charge in [-0.3, -0.25) is 14.9 Å². The highest BCUT2D eigenvalue weighted by atomic mass is 19.1. The van der Waals surface area contributed by atoms with Gasteiger partial charge in [-0.2, -0.15) is 4.39 Å². The van der Waals surface area contributed by atoms with E-state index in [9.17, 15) is 23.7 Å². The molecule has 0 spiro atoms. The third kappa shape index (κ3) is 2.58. The van der Waals surface area contributed by atoms with E-state index in [1.54, 1.807) is 13.0 Å². The van der Waals surface area contributed by atoms with Crippen LogP contribution in [-0.4, -0.2) is 10.8 Å². The fourth-order valence-electron chi connectivity index (χ4n) is 2.34. The molecule has 1 N–H and O–H groups in total. The zero-order chi connectivity index (χ0) is 17.4. The van der Waals surface area contributed by atoms with Gasteiger partial charge in [0.05, 0.1) is 4.92 Å². The summed E-state index contributed by atoms with van der Waals surface area (Å²) in [4.78, 5) is 22.1. The molecule has 2 aromatic carbocycles. The first-order valence-corrected chi connectivity index (χ1v) is 6.81. The number of fused-ring (bicyclic) bond motifs is 1. The Labute approximate surface area is 133 Å². The predicted molar refractivity (Wildman–Crippen MR) is 81.9 cm³/mol. The molecule has 6 nitrogen and oxygen atoms in total. The van der Waals surface area contributed by atoms with Crippen LogP contribution in [0.1, 0.15) is 16.1 Å². The second-order valence-electron chi connectivity index (χ2n) is 5.05. The fraction of sp³-hybridized carbons (Fsp3) is 0.0625. The van der Waals surface area contributed by atoms with Crippen LogP contribution in [-0.2, 0) is 0 Å². The molecular weight excluding hydrogens is 322 g/mol. The van der Waals surface area contributed by atoms with E-state index in [-0.39, 0.29) is 17.0 Å². The Morgan fingerprint density at radius 2 is 1.96 bits per heavy atom. The van der Waals surface area contributed by atoms with E-state index in [1.165, 1.54) is 18.2 Å². The third-order valence-electron chi connectivity index (χ3n) is 3.52. The number of carbonyl (C=O) groups excluding carboxylic acids is 1. The summed E-state index contributed by atoms with van der Waals surface area (Å²) >= 11 is 0. The van der Waals surface area contributed by atoms with E-state index in [2.05, 4.69) is 5.32 Å². The van der Waals surface area contributed by atoms with Crippen molar-refractivity contribution in [2.75, 3.05) is 5.32 Å². The van der Waals surface area contributed by atoms with Crippen molar-refractivity contribution in [1.82, 2.24) is 0 Å². The quantitative estimate of drug-likeness (QED) is 0.576. The maximum absolute atomic E-state index is 13.7. The Hall–Kier alpha value is -3.29. The summed E-state index contributed by atoms with van der Waals surface area (Å²) in [5.41, 5.74) is -0.363. The van der Waals surface area contributed by atoms with Gasteiger partial charge in [0.25, 0.3) is 5.91 Å². The van der Waals surface area contributed by atoms with Crippen molar-refractivity contribution < 1.29 is 22.9 Å². The van der Waals surface area contributed by atoms with Gasteiger partial charge in [0.1, 0.15) is 0 Å².